The number of thiazole rings is 1. The molecule has 1 unspecified atom stereocenters. The fourth-order valence-corrected chi connectivity index (χ4v) is 4.89. The van der Waals surface area contributed by atoms with Crippen molar-refractivity contribution in [2.24, 2.45) is 4.99 Å². The lowest BCUT2D eigenvalue weighted by Gasteiger charge is -2.21. The molecule has 0 N–H and O–H groups in total. The maximum atomic E-state index is 13.5. The third-order valence-electron chi connectivity index (χ3n) is 5.43. The number of allylic oxidation sites excluding steroid dienone is 2. The van der Waals surface area contributed by atoms with Crippen LogP contribution in [0.5, 0.6) is 11.5 Å². The van der Waals surface area contributed by atoms with Gasteiger partial charge in [-0.25, -0.2) is 9.79 Å². The SMILES string of the molecule is COC(=O)C1=C(C)N=c2sc(=Cc3ccc4c(c3)OCO4)c(=O)n2C1/C=C/c1ccccc1. The lowest BCUT2D eigenvalue weighted by Crippen LogP contribution is -2.38. The van der Waals surface area contributed by atoms with Crippen LogP contribution in [0.15, 0.2) is 75.7 Å². The smallest absolute Gasteiger partial charge is 0.338 e. The van der Waals surface area contributed by atoms with Gasteiger partial charge in [-0.3, -0.25) is 9.36 Å². The van der Waals surface area contributed by atoms with Crippen LogP contribution in [0.1, 0.15) is 24.1 Å². The van der Waals surface area contributed by atoms with Crippen molar-refractivity contribution in [2.45, 2.75) is 13.0 Å². The fourth-order valence-electron chi connectivity index (χ4n) is 3.84. The number of benzene rings is 2. The van der Waals surface area contributed by atoms with E-state index in [0.29, 0.717) is 32.1 Å². The molecule has 1 atom stereocenters. The summed E-state index contributed by atoms with van der Waals surface area (Å²) in [4.78, 5) is 31.1. The average Bonchev–Trinajstić information content (AvgIpc) is 3.41. The van der Waals surface area contributed by atoms with Gasteiger partial charge in [0, 0.05) is 0 Å². The zero-order chi connectivity index (χ0) is 22.9. The van der Waals surface area contributed by atoms with Gasteiger partial charge in [-0.05, 0) is 36.3 Å². The molecule has 0 saturated carbocycles. The largest absolute Gasteiger partial charge is 0.466 e. The molecule has 5 rings (SSSR count). The second-order valence-corrected chi connectivity index (χ2v) is 8.51. The van der Waals surface area contributed by atoms with E-state index in [-0.39, 0.29) is 12.4 Å². The predicted octanol–water partition coefficient (Wildman–Crippen LogP) is 2.80. The molecule has 3 aromatic rings. The lowest BCUT2D eigenvalue weighted by atomic mass is 10.0. The second kappa shape index (κ2) is 8.55. The Bertz CT molecular complexity index is 1480. The van der Waals surface area contributed by atoms with Gasteiger partial charge in [-0.1, -0.05) is 59.9 Å². The average molecular weight is 461 g/mol. The molecule has 0 radical (unpaired) electrons. The second-order valence-electron chi connectivity index (χ2n) is 7.50. The minimum Gasteiger partial charge on any atom is -0.466 e. The molecule has 33 heavy (non-hydrogen) atoms. The van der Waals surface area contributed by atoms with E-state index in [1.54, 1.807) is 17.6 Å². The zero-order valence-corrected chi connectivity index (χ0v) is 18.8. The molecule has 2 aliphatic rings. The van der Waals surface area contributed by atoms with Crippen LogP contribution in [-0.4, -0.2) is 24.4 Å². The van der Waals surface area contributed by atoms with Crippen LogP contribution in [0.2, 0.25) is 0 Å². The molecule has 0 amide bonds. The highest BCUT2D eigenvalue weighted by atomic mass is 32.1. The Morgan fingerprint density at radius 1 is 1.15 bits per heavy atom. The number of methoxy groups -OCH3 is 1. The van der Waals surface area contributed by atoms with E-state index >= 15 is 0 Å². The minimum atomic E-state index is -0.632. The third-order valence-corrected chi connectivity index (χ3v) is 6.42. The Labute approximate surface area is 193 Å². The van der Waals surface area contributed by atoms with Crippen molar-refractivity contribution in [1.29, 1.82) is 0 Å². The Morgan fingerprint density at radius 3 is 2.73 bits per heavy atom. The first-order valence-electron chi connectivity index (χ1n) is 10.3. The van der Waals surface area contributed by atoms with E-state index in [1.807, 2.05) is 60.7 Å². The molecule has 0 spiro atoms. The summed E-state index contributed by atoms with van der Waals surface area (Å²) in [6, 6.07) is 14.6. The molecule has 0 fully saturated rings. The van der Waals surface area contributed by atoms with Crippen molar-refractivity contribution in [3.8, 4) is 11.5 Å². The third kappa shape index (κ3) is 3.89. The van der Waals surface area contributed by atoms with Crippen molar-refractivity contribution >= 4 is 29.5 Å². The number of aromatic nitrogens is 1. The fraction of sp³-hybridized carbons (Fsp3) is 0.160. The normalized spacial score (nSPS) is 17.3. The van der Waals surface area contributed by atoms with Gasteiger partial charge in [0.15, 0.2) is 16.3 Å². The van der Waals surface area contributed by atoms with Crippen molar-refractivity contribution in [1.82, 2.24) is 4.57 Å². The van der Waals surface area contributed by atoms with Gasteiger partial charge in [0.1, 0.15) is 0 Å². The van der Waals surface area contributed by atoms with E-state index in [9.17, 15) is 9.59 Å². The summed E-state index contributed by atoms with van der Waals surface area (Å²) in [5.74, 6) is 0.811. The molecule has 2 aromatic carbocycles. The van der Waals surface area contributed by atoms with E-state index in [0.717, 1.165) is 11.1 Å². The number of hydrogen-bond acceptors (Lipinski definition) is 7. The Hall–Kier alpha value is -3.91. The van der Waals surface area contributed by atoms with Crippen molar-refractivity contribution in [2.75, 3.05) is 13.9 Å². The van der Waals surface area contributed by atoms with Gasteiger partial charge < -0.3 is 14.2 Å². The molecule has 7 nitrogen and oxygen atoms in total. The number of rotatable bonds is 4. The maximum Gasteiger partial charge on any atom is 0.338 e. The molecule has 0 saturated heterocycles. The van der Waals surface area contributed by atoms with Crippen LogP contribution in [0.4, 0.5) is 0 Å². The van der Waals surface area contributed by atoms with Gasteiger partial charge in [0.2, 0.25) is 6.79 Å². The van der Waals surface area contributed by atoms with Crippen molar-refractivity contribution in [3.63, 3.8) is 0 Å². The molecule has 3 heterocycles. The quantitative estimate of drug-likeness (QED) is 0.560. The standard InChI is InChI=1S/C25H20N2O5S/c1-15-22(24(29)30-2)18(10-8-16-6-4-3-5-7-16)27-23(28)21(33-25(27)26-15)13-17-9-11-19-20(12-17)32-14-31-19/h3-13,18H,14H2,1-2H3/b10-8+,21-13?. The zero-order valence-electron chi connectivity index (χ0n) is 18.0. The van der Waals surface area contributed by atoms with Gasteiger partial charge in [0.05, 0.1) is 29.0 Å². The maximum absolute atomic E-state index is 13.5. The Kier molecular flexibility index (Phi) is 5.43. The highest BCUT2D eigenvalue weighted by Crippen LogP contribution is 2.32. The van der Waals surface area contributed by atoms with Crippen LogP contribution in [0.25, 0.3) is 12.2 Å². The van der Waals surface area contributed by atoms with Gasteiger partial charge in [-0.15, -0.1) is 0 Å². The molecule has 2 aliphatic heterocycles. The molecule has 1 aromatic heterocycles. The molecule has 166 valence electrons. The molecule has 0 aliphatic carbocycles. The minimum absolute atomic E-state index is 0.185. The summed E-state index contributed by atoms with van der Waals surface area (Å²) in [6.07, 6.45) is 5.52. The molecule has 8 heteroatoms. The van der Waals surface area contributed by atoms with Gasteiger partial charge >= 0.3 is 5.97 Å². The molecular formula is C25H20N2O5S. The lowest BCUT2D eigenvalue weighted by molar-refractivity contribution is -0.136. The molecule has 0 bridgehead atoms. The number of ether oxygens (including phenoxy) is 3. The van der Waals surface area contributed by atoms with Crippen LogP contribution < -0.4 is 24.4 Å². The number of carbonyl (C=O) groups is 1. The molecular weight excluding hydrogens is 440 g/mol. The van der Waals surface area contributed by atoms with E-state index in [4.69, 9.17) is 14.2 Å². The summed E-state index contributed by atoms with van der Waals surface area (Å²) < 4.78 is 17.8. The topological polar surface area (TPSA) is 79.1 Å². The highest BCUT2D eigenvalue weighted by Gasteiger charge is 2.30. The van der Waals surface area contributed by atoms with Crippen molar-refractivity contribution < 1.29 is 19.0 Å². The van der Waals surface area contributed by atoms with Crippen LogP contribution in [0.3, 0.4) is 0 Å². The van der Waals surface area contributed by atoms with Crippen molar-refractivity contribution in [3.05, 3.63) is 96.7 Å². The summed E-state index contributed by atoms with van der Waals surface area (Å²) in [5, 5.41) is 0. The number of fused-ring (bicyclic) bond motifs is 2. The monoisotopic (exact) mass is 460 g/mol. The van der Waals surface area contributed by atoms with Crippen LogP contribution in [-0.2, 0) is 9.53 Å². The first-order valence-corrected chi connectivity index (χ1v) is 11.1. The first-order chi connectivity index (χ1) is 16.0. The summed E-state index contributed by atoms with van der Waals surface area (Å²) >= 11 is 1.28. The summed E-state index contributed by atoms with van der Waals surface area (Å²) in [5.41, 5.74) is 2.41. The van der Waals surface area contributed by atoms with E-state index in [1.165, 1.54) is 18.4 Å². The summed E-state index contributed by atoms with van der Waals surface area (Å²) in [6.45, 7) is 1.94. The van der Waals surface area contributed by atoms with Gasteiger partial charge in [-0.2, -0.15) is 0 Å². The number of esters is 1. The Balaban J connectivity index is 1.64. The predicted molar refractivity (Wildman–Crippen MR) is 125 cm³/mol. The van der Waals surface area contributed by atoms with E-state index < -0.39 is 12.0 Å². The number of carbonyl (C=O) groups excluding carboxylic acids is 1. The Morgan fingerprint density at radius 2 is 1.94 bits per heavy atom. The van der Waals surface area contributed by atoms with Gasteiger partial charge in [0.25, 0.3) is 5.56 Å². The highest BCUT2D eigenvalue weighted by molar-refractivity contribution is 7.07. The first kappa shape index (κ1) is 21.0. The number of hydrogen-bond donors (Lipinski definition) is 0. The summed E-state index contributed by atoms with van der Waals surface area (Å²) in [7, 11) is 1.32. The van der Waals surface area contributed by atoms with Crippen LogP contribution >= 0.6 is 11.3 Å². The van der Waals surface area contributed by atoms with Crippen LogP contribution in [0, 0.1) is 0 Å². The number of nitrogens with zero attached hydrogens (tertiary/aromatic N) is 2. The van der Waals surface area contributed by atoms with E-state index in [2.05, 4.69) is 4.99 Å².